The van der Waals surface area contributed by atoms with Crippen LogP contribution in [0.3, 0.4) is 0 Å². The van der Waals surface area contributed by atoms with E-state index in [1.165, 1.54) is 0 Å². The highest BCUT2D eigenvalue weighted by Gasteiger charge is 2.27. The van der Waals surface area contributed by atoms with Crippen LogP contribution < -0.4 is 0 Å². The summed E-state index contributed by atoms with van der Waals surface area (Å²) < 4.78 is 10.6. The summed E-state index contributed by atoms with van der Waals surface area (Å²) in [5, 5.41) is 8.69. The number of carboxylic acid groups (broad SMARTS) is 1. The molecular formula is C11H12O4. The summed E-state index contributed by atoms with van der Waals surface area (Å²) in [5.74, 6) is -0.971. The van der Waals surface area contributed by atoms with Crippen LogP contribution in [0.5, 0.6) is 0 Å². The number of hydrogen-bond acceptors (Lipinski definition) is 3. The van der Waals surface area contributed by atoms with Crippen molar-refractivity contribution in [3.63, 3.8) is 0 Å². The van der Waals surface area contributed by atoms with Gasteiger partial charge in [-0.15, -0.1) is 0 Å². The van der Waals surface area contributed by atoms with Crippen LogP contribution >= 0.6 is 0 Å². The summed E-state index contributed by atoms with van der Waals surface area (Å²) in [6, 6.07) is 9.64. The van der Waals surface area contributed by atoms with Gasteiger partial charge in [-0.2, -0.15) is 0 Å². The molecule has 0 radical (unpaired) electrons. The fourth-order valence-corrected chi connectivity index (χ4v) is 1.51. The Balaban J connectivity index is 1.97. The summed E-state index contributed by atoms with van der Waals surface area (Å²) in [7, 11) is 0. The van der Waals surface area contributed by atoms with Crippen LogP contribution in [0.2, 0.25) is 0 Å². The van der Waals surface area contributed by atoms with E-state index in [-0.39, 0.29) is 12.7 Å². The first kappa shape index (κ1) is 10.1. The van der Waals surface area contributed by atoms with Crippen molar-refractivity contribution in [3.8, 4) is 0 Å². The van der Waals surface area contributed by atoms with E-state index in [4.69, 9.17) is 14.6 Å². The second kappa shape index (κ2) is 4.42. The Hall–Kier alpha value is -1.39. The van der Waals surface area contributed by atoms with Crippen molar-refractivity contribution in [2.75, 3.05) is 13.2 Å². The van der Waals surface area contributed by atoms with Crippen LogP contribution in [0, 0.1) is 0 Å². The van der Waals surface area contributed by atoms with Crippen molar-refractivity contribution in [3.05, 3.63) is 35.9 Å². The van der Waals surface area contributed by atoms with Crippen molar-refractivity contribution in [2.24, 2.45) is 0 Å². The highest BCUT2D eigenvalue weighted by molar-refractivity contribution is 5.72. The van der Waals surface area contributed by atoms with Gasteiger partial charge in [0.15, 0.2) is 6.10 Å². The first-order valence-corrected chi connectivity index (χ1v) is 4.78. The molecule has 4 heteroatoms. The molecule has 1 aromatic carbocycles. The SMILES string of the molecule is O=C(O)C1COC(c2ccccc2)CO1. The normalized spacial score (nSPS) is 26.1. The van der Waals surface area contributed by atoms with Gasteiger partial charge in [0.1, 0.15) is 6.10 Å². The lowest BCUT2D eigenvalue weighted by atomic mass is 10.1. The zero-order valence-electron chi connectivity index (χ0n) is 8.13. The van der Waals surface area contributed by atoms with Crippen LogP contribution in [0.25, 0.3) is 0 Å². The fraction of sp³-hybridized carbons (Fsp3) is 0.364. The van der Waals surface area contributed by atoms with Gasteiger partial charge in [0.05, 0.1) is 13.2 Å². The predicted octanol–water partition coefficient (Wildman–Crippen LogP) is 1.23. The molecule has 0 aliphatic carbocycles. The zero-order valence-corrected chi connectivity index (χ0v) is 8.13. The third kappa shape index (κ3) is 2.34. The van der Waals surface area contributed by atoms with Crippen molar-refractivity contribution in [1.82, 2.24) is 0 Å². The molecule has 1 N–H and O–H groups in total. The monoisotopic (exact) mass is 208 g/mol. The molecule has 0 bridgehead atoms. The lowest BCUT2D eigenvalue weighted by Gasteiger charge is -2.27. The molecule has 2 atom stereocenters. The number of rotatable bonds is 2. The van der Waals surface area contributed by atoms with E-state index in [1.807, 2.05) is 30.3 Å². The van der Waals surface area contributed by atoms with Gasteiger partial charge in [0.25, 0.3) is 0 Å². The summed E-state index contributed by atoms with van der Waals surface area (Å²) in [6.07, 6.45) is -0.980. The van der Waals surface area contributed by atoms with Gasteiger partial charge in [-0.3, -0.25) is 0 Å². The van der Waals surface area contributed by atoms with Gasteiger partial charge in [-0.1, -0.05) is 30.3 Å². The molecular weight excluding hydrogens is 196 g/mol. The average Bonchev–Trinajstić information content (AvgIpc) is 2.30. The quantitative estimate of drug-likeness (QED) is 0.794. The van der Waals surface area contributed by atoms with Crippen LogP contribution in [0.4, 0.5) is 0 Å². The van der Waals surface area contributed by atoms with E-state index >= 15 is 0 Å². The molecule has 1 aromatic rings. The molecule has 0 aromatic heterocycles. The van der Waals surface area contributed by atoms with Gasteiger partial charge in [0.2, 0.25) is 0 Å². The first-order valence-electron chi connectivity index (χ1n) is 4.78. The smallest absolute Gasteiger partial charge is 0.335 e. The Bertz CT molecular complexity index is 328. The van der Waals surface area contributed by atoms with Gasteiger partial charge < -0.3 is 14.6 Å². The van der Waals surface area contributed by atoms with E-state index in [0.717, 1.165) is 5.56 Å². The molecule has 2 rings (SSSR count). The molecule has 0 amide bonds. The minimum atomic E-state index is -0.971. The fourth-order valence-electron chi connectivity index (χ4n) is 1.51. The van der Waals surface area contributed by atoms with Crippen LogP contribution in [0.15, 0.2) is 30.3 Å². The highest BCUT2D eigenvalue weighted by atomic mass is 16.6. The lowest BCUT2D eigenvalue weighted by molar-refractivity contribution is -0.176. The number of carboxylic acids is 1. The summed E-state index contributed by atoms with van der Waals surface area (Å²) in [4.78, 5) is 10.6. The van der Waals surface area contributed by atoms with Gasteiger partial charge in [0, 0.05) is 0 Å². The number of carbonyl (C=O) groups is 1. The Morgan fingerprint density at radius 1 is 1.20 bits per heavy atom. The van der Waals surface area contributed by atoms with Gasteiger partial charge in [-0.05, 0) is 5.56 Å². The lowest BCUT2D eigenvalue weighted by Crippen LogP contribution is -2.36. The summed E-state index contributed by atoms with van der Waals surface area (Å²) >= 11 is 0. The molecule has 0 saturated carbocycles. The maximum atomic E-state index is 10.6. The third-order valence-electron chi connectivity index (χ3n) is 2.34. The number of hydrogen-bond donors (Lipinski definition) is 1. The molecule has 1 heterocycles. The topological polar surface area (TPSA) is 55.8 Å². The van der Waals surface area contributed by atoms with E-state index in [1.54, 1.807) is 0 Å². The number of ether oxygens (including phenoxy) is 2. The highest BCUT2D eigenvalue weighted by Crippen LogP contribution is 2.22. The van der Waals surface area contributed by atoms with E-state index < -0.39 is 12.1 Å². The second-order valence-corrected chi connectivity index (χ2v) is 3.39. The van der Waals surface area contributed by atoms with Gasteiger partial charge >= 0.3 is 5.97 Å². The minimum absolute atomic E-state index is 0.106. The molecule has 4 nitrogen and oxygen atoms in total. The Morgan fingerprint density at radius 2 is 1.93 bits per heavy atom. The summed E-state index contributed by atoms with van der Waals surface area (Å²) in [5.41, 5.74) is 1.02. The van der Waals surface area contributed by atoms with E-state index in [0.29, 0.717) is 6.61 Å². The van der Waals surface area contributed by atoms with Crippen molar-refractivity contribution >= 4 is 5.97 Å². The van der Waals surface area contributed by atoms with Crippen LogP contribution in [-0.4, -0.2) is 30.4 Å². The van der Waals surface area contributed by atoms with Crippen molar-refractivity contribution < 1.29 is 19.4 Å². The number of aliphatic carboxylic acids is 1. The Labute approximate surface area is 87.4 Å². The molecule has 1 saturated heterocycles. The first-order chi connectivity index (χ1) is 7.27. The van der Waals surface area contributed by atoms with Crippen molar-refractivity contribution in [1.29, 1.82) is 0 Å². The zero-order chi connectivity index (χ0) is 10.7. The molecule has 1 aliphatic heterocycles. The maximum Gasteiger partial charge on any atom is 0.335 e. The molecule has 1 aliphatic rings. The number of benzene rings is 1. The second-order valence-electron chi connectivity index (χ2n) is 3.39. The van der Waals surface area contributed by atoms with Gasteiger partial charge in [-0.25, -0.2) is 4.79 Å². The van der Waals surface area contributed by atoms with Crippen LogP contribution in [-0.2, 0) is 14.3 Å². The van der Waals surface area contributed by atoms with Crippen LogP contribution in [0.1, 0.15) is 11.7 Å². The van der Waals surface area contributed by atoms with E-state index in [2.05, 4.69) is 0 Å². The Kier molecular flexibility index (Phi) is 2.99. The maximum absolute atomic E-state index is 10.6. The molecule has 1 fully saturated rings. The summed E-state index contributed by atoms with van der Waals surface area (Å²) in [6.45, 7) is 0.399. The standard InChI is InChI=1S/C11H12O4/c12-11(13)10-7-14-9(6-15-10)8-4-2-1-3-5-8/h1-5,9-10H,6-7H2,(H,12,13). The minimum Gasteiger partial charge on any atom is -0.479 e. The predicted molar refractivity (Wildman–Crippen MR) is 52.5 cm³/mol. The molecule has 15 heavy (non-hydrogen) atoms. The average molecular weight is 208 g/mol. The Morgan fingerprint density at radius 3 is 2.47 bits per heavy atom. The van der Waals surface area contributed by atoms with Crippen molar-refractivity contribution in [2.45, 2.75) is 12.2 Å². The molecule has 0 spiro atoms. The largest absolute Gasteiger partial charge is 0.479 e. The molecule has 80 valence electrons. The third-order valence-corrected chi connectivity index (χ3v) is 2.34. The molecule has 2 unspecified atom stereocenters. The van der Waals surface area contributed by atoms with E-state index in [9.17, 15) is 4.79 Å².